The third-order valence-electron chi connectivity index (χ3n) is 3.09. The summed E-state index contributed by atoms with van der Waals surface area (Å²) in [5, 5.41) is 12.3. The van der Waals surface area contributed by atoms with Gasteiger partial charge in [-0.3, -0.25) is 0 Å². The van der Waals surface area contributed by atoms with Crippen molar-refractivity contribution in [3.05, 3.63) is 65.2 Å². The van der Waals surface area contributed by atoms with Crippen molar-refractivity contribution in [2.45, 2.75) is 26.7 Å². The Morgan fingerprint density at radius 1 is 1.00 bits per heavy atom. The van der Waals surface area contributed by atoms with Crippen molar-refractivity contribution in [1.82, 2.24) is 5.32 Å². The molecule has 2 aromatic rings. The van der Waals surface area contributed by atoms with E-state index in [1.54, 1.807) is 0 Å². The highest BCUT2D eigenvalue weighted by Gasteiger charge is 1.99. The molecule has 3 heteroatoms. The zero-order valence-corrected chi connectivity index (χ0v) is 11.8. The zero-order valence-electron chi connectivity index (χ0n) is 11.8. The van der Waals surface area contributed by atoms with Gasteiger partial charge in [-0.25, -0.2) is 0 Å². The van der Waals surface area contributed by atoms with Gasteiger partial charge >= 0.3 is 0 Å². The topological polar surface area (TPSA) is 41.5 Å². The lowest BCUT2D eigenvalue weighted by molar-refractivity contribution is 0.281. The minimum absolute atomic E-state index is 0.0770. The van der Waals surface area contributed by atoms with Crippen molar-refractivity contribution in [3.63, 3.8) is 0 Å². The first kappa shape index (κ1) is 14.6. The maximum atomic E-state index is 9.00. The van der Waals surface area contributed by atoms with Crippen molar-refractivity contribution in [3.8, 4) is 5.75 Å². The number of aliphatic hydroxyl groups excluding tert-OH is 1. The van der Waals surface area contributed by atoms with E-state index in [2.05, 4.69) is 24.4 Å². The summed E-state index contributed by atoms with van der Waals surface area (Å²) in [5.74, 6) is 0.881. The Morgan fingerprint density at radius 2 is 1.75 bits per heavy atom. The van der Waals surface area contributed by atoms with Crippen LogP contribution in [0.5, 0.6) is 5.75 Å². The molecule has 0 aliphatic carbocycles. The number of rotatable bonds is 7. The molecule has 2 rings (SSSR count). The predicted molar refractivity (Wildman–Crippen MR) is 80.5 cm³/mol. The minimum Gasteiger partial charge on any atom is -0.489 e. The normalized spacial score (nSPS) is 10.5. The van der Waals surface area contributed by atoms with Crippen LogP contribution in [-0.2, 0) is 19.8 Å². The van der Waals surface area contributed by atoms with Gasteiger partial charge < -0.3 is 15.2 Å². The first-order valence-electron chi connectivity index (χ1n) is 6.93. The third kappa shape index (κ3) is 4.37. The number of ether oxygens (including phenoxy) is 1. The fourth-order valence-corrected chi connectivity index (χ4v) is 1.92. The minimum atomic E-state index is 0.0770. The summed E-state index contributed by atoms with van der Waals surface area (Å²) in [7, 11) is 0. The maximum Gasteiger partial charge on any atom is 0.120 e. The van der Waals surface area contributed by atoms with E-state index < -0.39 is 0 Å². The van der Waals surface area contributed by atoms with Crippen LogP contribution in [0.3, 0.4) is 0 Å². The smallest absolute Gasteiger partial charge is 0.120 e. The molecule has 0 aliphatic heterocycles. The molecule has 0 heterocycles. The fourth-order valence-electron chi connectivity index (χ4n) is 1.92. The second kappa shape index (κ2) is 7.68. The van der Waals surface area contributed by atoms with Gasteiger partial charge in [0, 0.05) is 6.54 Å². The van der Waals surface area contributed by atoms with Gasteiger partial charge in [-0.1, -0.05) is 43.3 Å². The molecule has 0 bridgehead atoms. The Morgan fingerprint density at radius 3 is 2.45 bits per heavy atom. The van der Waals surface area contributed by atoms with Crippen LogP contribution >= 0.6 is 0 Å². The van der Waals surface area contributed by atoms with E-state index in [-0.39, 0.29) is 6.61 Å². The van der Waals surface area contributed by atoms with Crippen LogP contribution in [0.1, 0.15) is 23.6 Å². The predicted octanol–water partition coefficient (Wildman–Crippen LogP) is 2.87. The van der Waals surface area contributed by atoms with Gasteiger partial charge in [-0.15, -0.1) is 0 Å². The van der Waals surface area contributed by atoms with Gasteiger partial charge in [0.1, 0.15) is 12.4 Å². The number of hydrogen-bond donors (Lipinski definition) is 2. The molecular weight excluding hydrogens is 250 g/mol. The quantitative estimate of drug-likeness (QED) is 0.813. The van der Waals surface area contributed by atoms with Crippen LogP contribution in [0.4, 0.5) is 0 Å². The van der Waals surface area contributed by atoms with Gasteiger partial charge in [-0.2, -0.15) is 0 Å². The monoisotopic (exact) mass is 271 g/mol. The molecule has 0 saturated carbocycles. The lowest BCUT2D eigenvalue weighted by Gasteiger charge is -2.09. The SMILES string of the molecule is CCNCc1cccc(OCc2ccc(CO)cc2)c1. The van der Waals surface area contributed by atoms with E-state index >= 15 is 0 Å². The third-order valence-corrected chi connectivity index (χ3v) is 3.09. The average molecular weight is 271 g/mol. The Balaban J connectivity index is 1.92. The highest BCUT2D eigenvalue weighted by atomic mass is 16.5. The van der Waals surface area contributed by atoms with E-state index in [1.165, 1.54) is 5.56 Å². The zero-order chi connectivity index (χ0) is 14.2. The van der Waals surface area contributed by atoms with Crippen LogP contribution in [0.25, 0.3) is 0 Å². The fraction of sp³-hybridized carbons (Fsp3) is 0.294. The summed E-state index contributed by atoms with van der Waals surface area (Å²) in [6.07, 6.45) is 0. The number of aliphatic hydroxyl groups is 1. The first-order chi connectivity index (χ1) is 9.81. The average Bonchev–Trinajstić information content (AvgIpc) is 2.52. The van der Waals surface area contributed by atoms with Crippen molar-refractivity contribution in [1.29, 1.82) is 0 Å². The lowest BCUT2D eigenvalue weighted by Crippen LogP contribution is -2.11. The van der Waals surface area contributed by atoms with Crippen molar-refractivity contribution < 1.29 is 9.84 Å². The molecule has 106 valence electrons. The summed E-state index contributed by atoms with van der Waals surface area (Å²) in [6.45, 7) is 4.53. The molecule has 3 nitrogen and oxygen atoms in total. The van der Waals surface area contributed by atoms with Gasteiger partial charge in [0.25, 0.3) is 0 Å². The van der Waals surface area contributed by atoms with E-state index in [0.29, 0.717) is 6.61 Å². The van der Waals surface area contributed by atoms with Crippen LogP contribution in [-0.4, -0.2) is 11.7 Å². The number of hydrogen-bond acceptors (Lipinski definition) is 3. The highest BCUT2D eigenvalue weighted by molar-refractivity contribution is 5.29. The Bertz CT molecular complexity index is 523. The van der Waals surface area contributed by atoms with Gasteiger partial charge in [0.05, 0.1) is 6.61 Å². The van der Waals surface area contributed by atoms with Crippen LogP contribution < -0.4 is 10.1 Å². The second-order valence-electron chi connectivity index (χ2n) is 4.69. The standard InChI is InChI=1S/C17H21NO2/c1-2-18-11-16-4-3-5-17(10-16)20-13-15-8-6-14(12-19)7-9-15/h3-10,18-19H,2,11-13H2,1H3. The second-order valence-corrected chi connectivity index (χ2v) is 4.69. The van der Waals surface area contributed by atoms with E-state index in [0.717, 1.165) is 30.0 Å². The van der Waals surface area contributed by atoms with Gasteiger partial charge in [-0.05, 0) is 35.4 Å². The van der Waals surface area contributed by atoms with E-state index in [1.807, 2.05) is 36.4 Å². The van der Waals surface area contributed by atoms with Crippen LogP contribution in [0, 0.1) is 0 Å². The van der Waals surface area contributed by atoms with Gasteiger partial charge in [0.2, 0.25) is 0 Å². The molecule has 0 spiro atoms. The summed E-state index contributed by atoms with van der Waals surface area (Å²) in [4.78, 5) is 0. The lowest BCUT2D eigenvalue weighted by atomic mass is 10.1. The number of benzene rings is 2. The molecule has 2 N–H and O–H groups in total. The molecule has 0 aromatic heterocycles. The van der Waals surface area contributed by atoms with E-state index in [9.17, 15) is 0 Å². The molecule has 2 aromatic carbocycles. The summed E-state index contributed by atoms with van der Waals surface area (Å²) in [5.41, 5.74) is 3.24. The highest BCUT2D eigenvalue weighted by Crippen LogP contribution is 2.15. The summed E-state index contributed by atoms with van der Waals surface area (Å²) in [6, 6.07) is 15.9. The maximum absolute atomic E-state index is 9.00. The largest absolute Gasteiger partial charge is 0.489 e. The van der Waals surface area contributed by atoms with Crippen LogP contribution in [0.15, 0.2) is 48.5 Å². The molecular formula is C17H21NO2. The molecule has 0 radical (unpaired) electrons. The molecule has 0 unspecified atom stereocenters. The van der Waals surface area contributed by atoms with Crippen molar-refractivity contribution >= 4 is 0 Å². The Kier molecular flexibility index (Phi) is 5.59. The Labute approximate surface area is 120 Å². The van der Waals surface area contributed by atoms with Crippen molar-refractivity contribution in [2.24, 2.45) is 0 Å². The van der Waals surface area contributed by atoms with Crippen LogP contribution in [0.2, 0.25) is 0 Å². The first-order valence-corrected chi connectivity index (χ1v) is 6.93. The Hall–Kier alpha value is -1.84. The van der Waals surface area contributed by atoms with E-state index in [4.69, 9.17) is 9.84 Å². The molecule has 0 aliphatic rings. The molecule has 0 fully saturated rings. The molecule has 20 heavy (non-hydrogen) atoms. The van der Waals surface area contributed by atoms with Crippen molar-refractivity contribution in [2.75, 3.05) is 6.54 Å². The molecule has 0 atom stereocenters. The van der Waals surface area contributed by atoms with Gasteiger partial charge in [0.15, 0.2) is 0 Å². The number of nitrogens with one attached hydrogen (secondary N) is 1. The summed E-state index contributed by atoms with van der Waals surface area (Å²) >= 11 is 0. The molecule has 0 amide bonds. The summed E-state index contributed by atoms with van der Waals surface area (Å²) < 4.78 is 5.80. The molecule has 0 saturated heterocycles.